The average Bonchev–Trinajstić information content (AvgIpc) is 3.03. The summed E-state index contributed by atoms with van der Waals surface area (Å²) in [6.45, 7) is 3.98. The number of aryl methyl sites for hydroxylation is 1. The minimum Gasteiger partial charge on any atom is -0.355 e. The zero-order valence-corrected chi connectivity index (χ0v) is 15.2. The van der Waals surface area contributed by atoms with Crippen molar-refractivity contribution in [3.8, 4) is 0 Å². The number of amides is 2. The van der Waals surface area contributed by atoms with Gasteiger partial charge in [0.1, 0.15) is 5.82 Å². The summed E-state index contributed by atoms with van der Waals surface area (Å²) in [5, 5.41) is 3.01. The summed E-state index contributed by atoms with van der Waals surface area (Å²) in [4.78, 5) is 34.0. The maximum absolute atomic E-state index is 12.5. The van der Waals surface area contributed by atoms with Gasteiger partial charge in [0.05, 0.1) is 5.92 Å². The second-order valence-electron chi connectivity index (χ2n) is 7.59. The molecule has 2 aliphatic rings. The van der Waals surface area contributed by atoms with Crippen LogP contribution in [0.4, 0.5) is 0 Å². The number of nitrogens with one attached hydrogen (secondary N) is 2. The first-order valence-electron chi connectivity index (χ1n) is 9.68. The van der Waals surface area contributed by atoms with Gasteiger partial charge in [-0.15, -0.1) is 0 Å². The van der Waals surface area contributed by atoms with Crippen LogP contribution in [0.25, 0.3) is 0 Å². The van der Waals surface area contributed by atoms with Crippen molar-refractivity contribution in [2.75, 3.05) is 19.6 Å². The van der Waals surface area contributed by atoms with E-state index in [1.165, 1.54) is 32.1 Å². The maximum Gasteiger partial charge on any atom is 0.224 e. The minimum atomic E-state index is -0.0698. The summed E-state index contributed by atoms with van der Waals surface area (Å²) in [7, 11) is 0. The zero-order chi connectivity index (χ0) is 17.6. The van der Waals surface area contributed by atoms with Crippen molar-refractivity contribution in [3.05, 3.63) is 17.7 Å². The number of nitrogens with zero attached hydrogens (tertiary/aromatic N) is 2. The lowest BCUT2D eigenvalue weighted by Crippen LogP contribution is -2.47. The Morgan fingerprint density at radius 1 is 1.32 bits per heavy atom. The Bertz CT molecular complexity index is 592. The molecule has 0 radical (unpaired) electrons. The summed E-state index contributed by atoms with van der Waals surface area (Å²) in [6, 6.07) is 0. The van der Waals surface area contributed by atoms with Crippen LogP contribution in [0.5, 0.6) is 0 Å². The Hall–Kier alpha value is -1.85. The molecule has 138 valence electrons. The van der Waals surface area contributed by atoms with Crippen molar-refractivity contribution < 1.29 is 9.59 Å². The van der Waals surface area contributed by atoms with Crippen molar-refractivity contribution in [1.82, 2.24) is 20.2 Å². The van der Waals surface area contributed by atoms with Crippen LogP contribution in [0.3, 0.4) is 0 Å². The molecule has 1 saturated carbocycles. The van der Waals surface area contributed by atoms with E-state index in [0.29, 0.717) is 38.3 Å². The monoisotopic (exact) mass is 346 g/mol. The first-order chi connectivity index (χ1) is 12.1. The molecule has 0 bridgehead atoms. The third-order valence-corrected chi connectivity index (χ3v) is 5.49. The summed E-state index contributed by atoms with van der Waals surface area (Å²) in [6.07, 6.45) is 10.0. The summed E-state index contributed by atoms with van der Waals surface area (Å²) >= 11 is 0. The fourth-order valence-corrected chi connectivity index (χ4v) is 4.03. The number of hydrogen-bond acceptors (Lipinski definition) is 3. The molecular formula is C19H30N4O2. The van der Waals surface area contributed by atoms with E-state index in [0.717, 1.165) is 18.1 Å². The van der Waals surface area contributed by atoms with Crippen LogP contribution < -0.4 is 5.32 Å². The van der Waals surface area contributed by atoms with E-state index in [4.69, 9.17) is 0 Å². The van der Waals surface area contributed by atoms with E-state index in [1.54, 1.807) is 6.20 Å². The van der Waals surface area contributed by atoms with Crippen LogP contribution in [0, 0.1) is 18.8 Å². The highest BCUT2D eigenvalue weighted by Gasteiger charge is 2.31. The molecule has 0 spiro atoms. The molecule has 1 aromatic rings. The number of imidazole rings is 1. The molecule has 2 fully saturated rings. The van der Waals surface area contributed by atoms with Gasteiger partial charge in [0, 0.05) is 44.4 Å². The van der Waals surface area contributed by atoms with E-state index in [2.05, 4.69) is 15.3 Å². The third-order valence-electron chi connectivity index (χ3n) is 5.49. The summed E-state index contributed by atoms with van der Waals surface area (Å²) in [5.74, 6) is 1.75. The SMILES string of the molecule is Cc1cnc(CCNC(=O)C2CCC(=O)N(CC3CCCCC3)C2)[nH]1. The van der Waals surface area contributed by atoms with Crippen molar-refractivity contribution in [3.63, 3.8) is 0 Å². The Kier molecular flexibility index (Phi) is 6.10. The topological polar surface area (TPSA) is 78.1 Å². The quantitative estimate of drug-likeness (QED) is 0.829. The van der Waals surface area contributed by atoms with Crippen LogP contribution >= 0.6 is 0 Å². The highest BCUT2D eigenvalue weighted by molar-refractivity contribution is 5.83. The second-order valence-corrected chi connectivity index (χ2v) is 7.59. The third kappa shape index (κ3) is 5.06. The highest BCUT2D eigenvalue weighted by Crippen LogP contribution is 2.27. The molecule has 2 amide bonds. The first kappa shape index (κ1) is 18.0. The molecule has 1 aromatic heterocycles. The van der Waals surface area contributed by atoms with Crippen LogP contribution in [-0.4, -0.2) is 46.3 Å². The minimum absolute atomic E-state index is 0.0698. The molecule has 6 heteroatoms. The standard InChI is InChI=1S/C19H30N4O2/c1-14-11-21-17(22-14)9-10-20-19(25)16-7-8-18(24)23(13-16)12-15-5-3-2-4-6-15/h11,15-16H,2-10,12-13H2,1H3,(H,20,25)(H,21,22). The fraction of sp³-hybridized carbons (Fsp3) is 0.737. The smallest absolute Gasteiger partial charge is 0.224 e. The van der Waals surface area contributed by atoms with Gasteiger partial charge in [-0.2, -0.15) is 0 Å². The predicted molar refractivity (Wildman–Crippen MR) is 95.9 cm³/mol. The molecule has 2 N–H and O–H groups in total. The second kappa shape index (κ2) is 8.50. The molecule has 6 nitrogen and oxygen atoms in total. The fourth-order valence-electron chi connectivity index (χ4n) is 4.03. The summed E-state index contributed by atoms with van der Waals surface area (Å²) in [5.41, 5.74) is 1.03. The normalized spacial score (nSPS) is 22.2. The van der Waals surface area contributed by atoms with E-state index < -0.39 is 0 Å². The average molecular weight is 346 g/mol. The number of carbonyl (C=O) groups excluding carboxylic acids is 2. The van der Waals surface area contributed by atoms with Gasteiger partial charge < -0.3 is 15.2 Å². The molecule has 2 heterocycles. The van der Waals surface area contributed by atoms with E-state index in [9.17, 15) is 9.59 Å². The van der Waals surface area contributed by atoms with Gasteiger partial charge in [-0.1, -0.05) is 19.3 Å². The number of aromatic amines is 1. The molecule has 1 atom stereocenters. The molecule has 1 aliphatic heterocycles. The van der Waals surface area contributed by atoms with Gasteiger partial charge in [0.2, 0.25) is 11.8 Å². The predicted octanol–water partition coefficient (Wildman–Crippen LogP) is 2.20. The van der Waals surface area contributed by atoms with Crippen molar-refractivity contribution in [2.24, 2.45) is 11.8 Å². The van der Waals surface area contributed by atoms with Crippen LogP contribution in [-0.2, 0) is 16.0 Å². The van der Waals surface area contributed by atoms with Crippen molar-refractivity contribution >= 4 is 11.8 Å². The molecular weight excluding hydrogens is 316 g/mol. The first-order valence-corrected chi connectivity index (χ1v) is 9.68. The number of rotatable bonds is 6. The lowest BCUT2D eigenvalue weighted by molar-refractivity contribution is -0.139. The van der Waals surface area contributed by atoms with Crippen LogP contribution in [0.2, 0.25) is 0 Å². The van der Waals surface area contributed by atoms with E-state index in [-0.39, 0.29) is 17.7 Å². The molecule has 1 saturated heterocycles. The number of hydrogen-bond donors (Lipinski definition) is 2. The van der Waals surface area contributed by atoms with Gasteiger partial charge in [0.25, 0.3) is 0 Å². The van der Waals surface area contributed by atoms with Gasteiger partial charge in [-0.3, -0.25) is 9.59 Å². The Morgan fingerprint density at radius 2 is 2.12 bits per heavy atom. The van der Waals surface area contributed by atoms with Crippen LogP contribution in [0.15, 0.2) is 6.20 Å². The van der Waals surface area contributed by atoms with Gasteiger partial charge in [-0.05, 0) is 32.1 Å². The van der Waals surface area contributed by atoms with Gasteiger partial charge >= 0.3 is 0 Å². The largest absolute Gasteiger partial charge is 0.355 e. The Morgan fingerprint density at radius 3 is 2.84 bits per heavy atom. The molecule has 1 aliphatic carbocycles. The highest BCUT2D eigenvalue weighted by atomic mass is 16.2. The number of likely N-dealkylation sites (tertiary alicyclic amines) is 1. The van der Waals surface area contributed by atoms with E-state index in [1.807, 2.05) is 11.8 Å². The lowest BCUT2D eigenvalue weighted by Gasteiger charge is -2.35. The van der Waals surface area contributed by atoms with Crippen LogP contribution in [0.1, 0.15) is 56.5 Å². The van der Waals surface area contributed by atoms with Gasteiger partial charge in [0.15, 0.2) is 0 Å². The zero-order valence-electron chi connectivity index (χ0n) is 15.2. The van der Waals surface area contributed by atoms with E-state index >= 15 is 0 Å². The molecule has 0 aromatic carbocycles. The number of H-pyrrole nitrogens is 1. The molecule has 1 unspecified atom stereocenters. The molecule has 3 rings (SSSR count). The Balaban J connectivity index is 1.44. The number of carbonyl (C=O) groups is 2. The van der Waals surface area contributed by atoms with Crippen molar-refractivity contribution in [1.29, 1.82) is 0 Å². The maximum atomic E-state index is 12.5. The Labute approximate surface area is 149 Å². The number of aromatic nitrogens is 2. The van der Waals surface area contributed by atoms with Crippen molar-refractivity contribution in [2.45, 2.75) is 58.3 Å². The summed E-state index contributed by atoms with van der Waals surface area (Å²) < 4.78 is 0. The molecule has 25 heavy (non-hydrogen) atoms. The van der Waals surface area contributed by atoms with Gasteiger partial charge in [-0.25, -0.2) is 4.98 Å². The lowest BCUT2D eigenvalue weighted by atomic mass is 9.87. The number of piperidine rings is 1.